The number of hydrogen-bond acceptors (Lipinski definition) is 2. The number of benzene rings is 1. The van der Waals surface area contributed by atoms with E-state index in [1.807, 2.05) is 0 Å². The van der Waals surface area contributed by atoms with Gasteiger partial charge in [0.1, 0.15) is 5.82 Å². The van der Waals surface area contributed by atoms with Crippen molar-refractivity contribution < 1.29 is 14.3 Å². The first kappa shape index (κ1) is 13.0. The van der Waals surface area contributed by atoms with Crippen LogP contribution in [0.3, 0.4) is 0 Å². The van der Waals surface area contributed by atoms with Crippen molar-refractivity contribution in [1.82, 2.24) is 4.57 Å². The van der Waals surface area contributed by atoms with E-state index >= 15 is 0 Å². The molecule has 1 heterocycles. The lowest BCUT2D eigenvalue weighted by Gasteiger charge is -2.10. The molecule has 0 atom stereocenters. The second-order valence-electron chi connectivity index (χ2n) is 4.21. The summed E-state index contributed by atoms with van der Waals surface area (Å²) < 4.78 is 14.8. The molecule has 1 N–H and O–H groups in total. The summed E-state index contributed by atoms with van der Waals surface area (Å²) >= 11 is 0. The van der Waals surface area contributed by atoms with E-state index in [0.717, 1.165) is 11.8 Å². The number of aryl methyl sites for hydroxylation is 1. The quantitative estimate of drug-likeness (QED) is 0.919. The Morgan fingerprint density at radius 1 is 1.32 bits per heavy atom. The normalized spacial score (nSPS) is 10.4. The highest BCUT2D eigenvalue weighted by atomic mass is 19.1. The Morgan fingerprint density at radius 3 is 2.68 bits per heavy atom. The molecule has 1 aromatic heterocycles. The van der Waals surface area contributed by atoms with Gasteiger partial charge < -0.3 is 9.67 Å². The first-order valence-electron chi connectivity index (χ1n) is 5.67. The van der Waals surface area contributed by atoms with Crippen LogP contribution in [0, 0.1) is 12.7 Å². The molecule has 1 aromatic carbocycles. The Labute approximate surface area is 108 Å². The van der Waals surface area contributed by atoms with E-state index in [2.05, 4.69) is 0 Å². The third-order valence-corrected chi connectivity index (χ3v) is 2.87. The minimum atomic E-state index is -1.32. The molecule has 2 aromatic rings. The Morgan fingerprint density at radius 2 is 2.05 bits per heavy atom. The van der Waals surface area contributed by atoms with Crippen LogP contribution in [0.25, 0.3) is 0 Å². The first-order valence-corrected chi connectivity index (χ1v) is 5.67. The van der Waals surface area contributed by atoms with Crippen LogP contribution < -0.4 is 5.56 Å². The van der Waals surface area contributed by atoms with Gasteiger partial charge in [-0.1, -0.05) is 12.1 Å². The lowest BCUT2D eigenvalue weighted by Crippen LogP contribution is -2.21. The molecular formula is C14H12FNO3. The summed E-state index contributed by atoms with van der Waals surface area (Å²) in [5.41, 5.74) is 0.754. The maximum Gasteiger partial charge on any atom is 0.338 e. The molecule has 0 radical (unpaired) electrons. The van der Waals surface area contributed by atoms with Crippen molar-refractivity contribution in [2.24, 2.45) is 0 Å². The first-order chi connectivity index (χ1) is 8.99. The molecule has 0 fully saturated rings. The van der Waals surface area contributed by atoms with Crippen LogP contribution in [0.15, 0.2) is 41.2 Å². The fourth-order valence-corrected chi connectivity index (χ4v) is 1.84. The highest BCUT2D eigenvalue weighted by molar-refractivity contribution is 5.88. The zero-order valence-corrected chi connectivity index (χ0v) is 10.3. The van der Waals surface area contributed by atoms with Gasteiger partial charge in [-0.15, -0.1) is 0 Å². The number of carboxylic acids is 1. The van der Waals surface area contributed by atoms with Gasteiger partial charge >= 0.3 is 5.97 Å². The van der Waals surface area contributed by atoms with E-state index in [4.69, 9.17) is 5.11 Å². The van der Waals surface area contributed by atoms with Crippen LogP contribution in [-0.2, 0) is 6.54 Å². The Balaban J connectivity index is 2.42. The molecule has 0 aliphatic carbocycles. The van der Waals surface area contributed by atoms with Gasteiger partial charge in [0, 0.05) is 11.8 Å². The van der Waals surface area contributed by atoms with Gasteiger partial charge in [-0.2, -0.15) is 0 Å². The van der Waals surface area contributed by atoms with Crippen molar-refractivity contribution in [3.8, 4) is 0 Å². The molecule has 0 amide bonds. The predicted octanol–water partition coefficient (Wildman–Crippen LogP) is 2.04. The van der Waals surface area contributed by atoms with Crippen molar-refractivity contribution in [3.05, 3.63) is 69.4 Å². The summed E-state index contributed by atoms with van der Waals surface area (Å²) in [5.74, 6) is -2.11. The van der Waals surface area contributed by atoms with Gasteiger partial charge in [-0.3, -0.25) is 4.79 Å². The van der Waals surface area contributed by atoms with Crippen LogP contribution >= 0.6 is 0 Å². The fraction of sp³-hybridized carbons (Fsp3) is 0.143. The van der Waals surface area contributed by atoms with Crippen LogP contribution in [0.1, 0.15) is 21.6 Å². The van der Waals surface area contributed by atoms with E-state index < -0.39 is 11.8 Å². The Kier molecular flexibility index (Phi) is 3.46. The minimum Gasteiger partial charge on any atom is -0.478 e. The molecule has 19 heavy (non-hydrogen) atoms. The number of halogens is 1. The molecule has 0 unspecified atom stereocenters. The van der Waals surface area contributed by atoms with Crippen molar-refractivity contribution in [2.45, 2.75) is 13.5 Å². The van der Waals surface area contributed by atoms with Gasteiger partial charge in [0.2, 0.25) is 0 Å². The summed E-state index contributed by atoms with van der Waals surface area (Å²) in [6.45, 7) is 2.00. The summed E-state index contributed by atoms with van der Waals surface area (Å²) in [6.07, 6.45) is 0. The van der Waals surface area contributed by atoms with Gasteiger partial charge in [-0.25, -0.2) is 9.18 Å². The number of aromatic nitrogens is 1. The SMILES string of the molecule is Cc1cccc(=O)n1Cc1ccc(F)c(C(=O)O)c1. The van der Waals surface area contributed by atoms with Crippen molar-refractivity contribution in [2.75, 3.05) is 0 Å². The fourth-order valence-electron chi connectivity index (χ4n) is 1.84. The third-order valence-electron chi connectivity index (χ3n) is 2.87. The lowest BCUT2D eigenvalue weighted by atomic mass is 10.1. The highest BCUT2D eigenvalue weighted by Gasteiger charge is 2.11. The van der Waals surface area contributed by atoms with Gasteiger partial charge in [-0.05, 0) is 30.7 Å². The summed E-state index contributed by atoms with van der Waals surface area (Å²) in [5, 5.41) is 8.86. The molecule has 5 heteroatoms. The van der Waals surface area contributed by atoms with Crippen molar-refractivity contribution >= 4 is 5.97 Å². The molecular weight excluding hydrogens is 249 g/mol. The standard InChI is InChI=1S/C14H12FNO3/c1-9-3-2-4-13(17)16(9)8-10-5-6-12(15)11(7-10)14(18)19/h2-7H,8H2,1H3,(H,18,19). The van der Waals surface area contributed by atoms with E-state index in [1.165, 1.54) is 22.8 Å². The zero-order chi connectivity index (χ0) is 14.0. The second kappa shape index (κ2) is 5.06. The third kappa shape index (κ3) is 2.70. The van der Waals surface area contributed by atoms with Gasteiger partial charge in [0.25, 0.3) is 5.56 Å². The Hall–Kier alpha value is -2.43. The number of carbonyl (C=O) groups is 1. The number of rotatable bonds is 3. The molecule has 98 valence electrons. The predicted molar refractivity (Wildman–Crippen MR) is 67.9 cm³/mol. The minimum absolute atomic E-state index is 0.179. The molecule has 0 aliphatic rings. The molecule has 0 aliphatic heterocycles. The van der Waals surface area contributed by atoms with Crippen LogP contribution in [0.4, 0.5) is 4.39 Å². The average Bonchev–Trinajstić information content (AvgIpc) is 2.35. The second-order valence-corrected chi connectivity index (χ2v) is 4.21. The smallest absolute Gasteiger partial charge is 0.338 e. The van der Waals surface area contributed by atoms with Gasteiger partial charge in [0.05, 0.1) is 12.1 Å². The molecule has 4 nitrogen and oxygen atoms in total. The zero-order valence-electron chi connectivity index (χ0n) is 10.3. The van der Waals surface area contributed by atoms with Crippen LogP contribution in [-0.4, -0.2) is 15.6 Å². The average molecular weight is 261 g/mol. The molecule has 0 spiro atoms. The lowest BCUT2D eigenvalue weighted by molar-refractivity contribution is 0.0691. The number of aromatic carboxylic acids is 1. The monoisotopic (exact) mass is 261 g/mol. The maximum atomic E-state index is 13.3. The number of nitrogens with zero attached hydrogens (tertiary/aromatic N) is 1. The van der Waals surface area contributed by atoms with Crippen LogP contribution in [0.2, 0.25) is 0 Å². The van der Waals surface area contributed by atoms with Crippen molar-refractivity contribution in [1.29, 1.82) is 0 Å². The highest BCUT2D eigenvalue weighted by Crippen LogP contribution is 2.12. The molecule has 2 rings (SSSR count). The van der Waals surface area contributed by atoms with E-state index in [-0.39, 0.29) is 17.7 Å². The Bertz CT molecular complexity index is 691. The summed E-state index contributed by atoms with van der Waals surface area (Å²) in [7, 11) is 0. The number of hydrogen-bond donors (Lipinski definition) is 1. The largest absolute Gasteiger partial charge is 0.478 e. The summed E-state index contributed by atoms with van der Waals surface area (Å²) in [4.78, 5) is 22.6. The van der Waals surface area contributed by atoms with Gasteiger partial charge in [0.15, 0.2) is 0 Å². The van der Waals surface area contributed by atoms with Crippen LogP contribution in [0.5, 0.6) is 0 Å². The van der Waals surface area contributed by atoms with Crippen molar-refractivity contribution in [3.63, 3.8) is 0 Å². The molecule has 0 saturated heterocycles. The number of pyridine rings is 1. The van der Waals surface area contributed by atoms with E-state index in [1.54, 1.807) is 19.1 Å². The topological polar surface area (TPSA) is 59.3 Å². The molecule has 0 saturated carbocycles. The van der Waals surface area contributed by atoms with E-state index in [0.29, 0.717) is 5.56 Å². The summed E-state index contributed by atoms with van der Waals surface area (Å²) in [6, 6.07) is 8.68. The maximum absolute atomic E-state index is 13.3. The molecule has 0 bridgehead atoms. The number of carboxylic acid groups (broad SMARTS) is 1. The van der Waals surface area contributed by atoms with E-state index in [9.17, 15) is 14.0 Å².